The lowest BCUT2D eigenvalue weighted by Gasteiger charge is -2.18. The molecule has 1 aromatic carbocycles. The predicted octanol–water partition coefficient (Wildman–Crippen LogP) is 1.38. The molecule has 6 heteroatoms. The van der Waals surface area contributed by atoms with Crippen LogP contribution in [0.5, 0.6) is 5.75 Å². The summed E-state index contributed by atoms with van der Waals surface area (Å²) in [5.74, 6) is -0.177. The highest BCUT2D eigenvalue weighted by Gasteiger charge is 2.19. The molecule has 0 spiro atoms. The molecule has 22 heavy (non-hydrogen) atoms. The Bertz CT molecular complexity index is 541. The summed E-state index contributed by atoms with van der Waals surface area (Å²) in [5.41, 5.74) is 7.26. The summed E-state index contributed by atoms with van der Waals surface area (Å²) in [5, 5.41) is 2.80. The number of carbonyl (C=O) groups is 2. The Morgan fingerprint density at radius 3 is 2.50 bits per heavy atom. The normalized spacial score (nSPS) is 13.2. The van der Waals surface area contributed by atoms with Crippen molar-refractivity contribution in [3.8, 4) is 5.75 Å². The van der Waals surface area contributed by atoms with Crippen LogP contribution in [0.2, 0.25) is 0 Å². The molecule has 122 valence electrons. The highest BCUT2D eigenvalue weighted by Crippen LogP contribution is 2.26. The second-order valence-corrected chi connectivity index (χ2v) is 5.71. The van der Waals surface area contributed by atoms with Gasteiger partial charge in [-0.15, -0.1) is 0 Å². The number of hydrogen-bond donors (Lipinski definition) is 2. The van der Waals surface area contributed by atoms with Gasteiger partial charge in [0.25, 0.3) is 5.91 Å². The summed E-state index contributed by atoms with van der Waals surface area (Å²) >= 11 is 0. The van der Waals surface area contributed by atoms with Gasteiger partial charge in [0, 0.05) is 20.1 Å². The Morgan fingerprint density at radius 2 is 1.95 bits per heavy atom. The minimum Gasteiger partial charge on any atom is -0.482 e. The molecule has 2 amide bonds. The van der Waals surface area contributed by atoms with E-state index in [4.69, 9.17) is 10.5 Å². The lowest BCUT2D eigenvalue weighted by atomic mass is 10.0. The van der Waals surface area contributed by atoms with E-state index in [0.29, 0.717) is 11.4 Å². The molecule has 6 nitrogen and oxygen atoms in total. The molecular formula is C16H25N3O3. The van der Waals surface area contributed by atoms with E-state index in [9.17, 15) is 9.59 Å². The van der Waals surface area contributed by atoms with Crippen molar-refractivity contribution >= 4 is 17.5 Å². The Kier molecular flexibility index (Phi) is 6.37. The molecule has 0 saturated carbocycles. The quantitative estimate of drug-likeness (QED) is 0.831. The van der Waals surface area contributed by atoms with Crippen molar-refractivity contribution in [2.75, 3.05) is 26.0 Å². The van der Waals surface area contributed by atoms with Gasteiger partial charge in [0.2, 0.25) is 5.91 Å². The van der Waals surface area contributed by atoms with E-state index in [2.05, 4.69) is 5.32 Å². The number of likely N-dealkylation sites (N-methyl/N-ethyl adjacent to an activating group) is 1. The minimum atomic E-state index is -0.322. The zero-order chi connectivity index (χ0) is 16.9. The maximum absolute atomic E-state index is 12.1. The van der Waals surface area contributed by atoms with E-state index in [1.807, 2.05) is 13.0 Å². The van der Waals surface area contributed by atoms with Crippen LogP contribution in [-0.4, -0.2) is 43.5 Å². The summed E-state index contributed by atoms with van der Waals surface area (Å²) < 4.78 is 5.54. The van der Waals surface area contributed by atoms with E-state index < -0.39 is 0 Å². The molecule has 3 N–H and O–H groups in total. The average molecular weight is 307 g/mol. The lowest BCUT2D eigenvalue weighted by Crippen LogP contribution is -2.34. The summed E-state index contributed by atoms with van der Waals surface area (Å²) in [4.78, 5) is 25.2. The van der Waals surface area contributed by atoms with E-state index >= 15 is 0 Å². The third-order valence-electron chi connectivity index (χ3n) is 3.45. The number of anilines is 1. The summed E-state index contributed by atoms with van der Waals surface area (Å²) in [6.07, 6.45) is 0. The van der Waals surface area contributed by atoms with Gasteiger partial charge in [-0.2, -0.15) is 0 Å². The topological polar surface area (TPSA) is 84.7 Å². The Balaban J connectivity index is 2.86. The van der Waals surface area contributed by atoms with Gasteiger partial charge >= 0.3 is 0 Å². The highest BCUT2D eigenvalue weighted by molar-refractivity contribution is 5.94. The molecule has 0 aromatic heterocycles. The van der Waals surface area contributed by atoms with Crippen LogP contribution < -0.4 is 15.8 Å². The first-order valence-electron chi connectivity index (χ1n) is 7.22. The third kappa shape index (κ3) is 5.04. The number of aryl methyl sites for hydroxylation is 1. The molecular weight excluding hydrogens is 282 g/mol. The summed E-state index contributed by atoms with van der Waals surface area (Å²) in [7, 11) is 3.32. The monoisotopic (exact) mass is 307 g/mol. The number of nitrogens with one attached hydrogen (secondary N) is 1. The average Bonchev–Trinajstić information content (AvgIpc) is 2.45. The van der Waals surface area contributed by atoms with Crippen molar-refractivity contribution in [3.63, 3.8) is 0 Å². The zero-order valence-electron chi connectivity index (χ0n) is 13.8. The summed E-state index contributed by atoms with van der Waals surface area (Å²) in [6.45, 7) is 5.38. The van der Waals surface area contributed by atoms with Crippen LogP contribution in [0.3, 0.4) is 0 Å². The van der Waals surface area contributed by atoms with Crippen LogP contribution in [0.15, 0.2) is 18.2 Å². The van der Waals surface area contributed by atoms with Gasteiger partial charge in [-0.3, -0.25) is 9.59 Å². The fourth-order valence-corrected chi connectivity index (χ4v) is 1.61. The first-order chi connectivity index (χ1) is 10.2. The van der Waals surface area contributed by atoms with Crippen molar-refractivity contribution in [2.45, 2.75) is 26.8 Å². The molecule has 1 aromatic rings. The number of rotatable bonds is 6. The number of nitrogens with two attached hydrogens (primary N) is 1. The molecule has 0 fully saturated rings. The molecule has 0 saturated heterocycles. The van der Waals surface area contributed by atoms with Gasteiger partial charge in [-0.05, 0) is 31.5 Å². The van der Waals surface area contributed by atoms with Crippen molar-refractivity contribution in [1.29, 1.82) is 0 Å². The smallest absolute Gasteiger partial charge is 0.259 e. The van der Waals surface area contributed by atoms with Gasteiger partial charge in [-0.25, -0.2) is 0 Å². The van der Waals surface area contributed by atoms with Crippen molar-refractivity contribution in [2.24, 2.45) is 11.7 Å². The third-order valence-corrected chi connectivity index (χ3v) is 3.45. The van der Waals surface area contributed by atoms with Gasteiger partial charge in [0.15, 0.2) is 6.61 Å². The Hall–Kier alpha value is -2.08. The molecule has 0 heterocycles. The minimum absolute atomic E-state index is 0.0812. The molecule has 0 radical (unpaired) electrons. The van der Waals surface area contributed by atoms with Crippen LogP contribution >= 0.6 is 0 Å². The molecule has 2 unspecified atom stereocenters. The van der Waals surface area contributed by atoms with E-state index in [-0.39, 0.29) is 30.4 Å². The Morgan fingerprint density at radius 1 is 1.32 bits per heavy atom. The number of amides is 2. The predicted molar refractivity (Wildman–Crippen MR) is 86.8 cm³/mol. The number of ether oxygens (including phenoxy) is 1. The second-order valence-electron chi connectivity index (χ2n) is 5.71. The molecule has 2 atom stereocenters. The fourth-order valence-electron chi connectivity index (χ4n) is 1.61. The number of hydrogen-bond acceptors (Lipinski definition) is 4. The maximum atomic E-state index is 12.1. The molecule has 0 aliphatic rings. The standard InChI is InChI=1S/C16H25N3O3/c1-10-6-7-13(18-16(21)11(2)12(3)17)14(8-10)22-9-15(20)19(4)5/h6-8,11-12H,9,17H2,1-5H3,(H,18,21). The van der Waals surface area contributed by atoms with Crippen LogP contribution in [0.4, 0.5) is 5.69 Å². The molecule has 0 bridgehead atoms. The molecule has 1 rings (SSSR count). The van der Waals surface area contributed by atoms with E-state index in [1.165, 1.54) is 4.90 Å². The van der Waals surface area contributed by atoms with Crippen molar-refractivity contribution in [3.05, 3.63) is 23.8 Å². The molecule has 0 aliphatic carbocycles. The van der Waals surface area contributed by atoms with Crippen LogP contribution in [-0.2, 0) is 9.59 Å². The SMILES string of the molecule is Cc1ccc(NC(=O)C(C)C(C)N)c(OCC(=O)N(C)C)c1. The van der Waals surface area contributed by atoms with Gasteiger partial charge in [0.05, 0.1) is 11.6 Å². The summed E-state index contributed by atoms with van der Waals surface area (Å²) in [6, 6.07) is 5.17. The highest BCUT2D eigenvalue weighted by atomic mass is 16.5. The van der Waals surface area contributed by atoms with Gasteiger partial charge < -0.3 is 20.7 Å². The number of nitrogens with zero attached hydrogens (tertiary/aromatic N) is 1. The molecule has 0 aliphatic heterocycles. The first kappa shape index (κ1) is 18.0. The van der Waals surface area contributed by atoms with Crippen LogP contribution in [0.1, 0.15) is 19.4 Å². The van der Waals surface area contributed by atoms with Crippen molar-refractivity contribution < 1.29 is 14.3 Å². The number of benzene rings is 1. The van der Waals surface area contributed by atoms with Crippen molar-refractivity contribution in [1.82, 2.24) is 4.90 Å². The number of carbonyl (C=O) groups excluding carboxylic acids is 2. The maximum Gasteiger partial charge on any atom is 0.259 e. The van der Waals surface area contributed by atoms with E-state index in [1.54, 1.807) is 40.1 Å². The van der Waals surface area contributed by atoms with Crippen LogP contribution in [0, 0.1) is 12.8 Å². The van der Waals surface area contributed by atoms with Crippen LogP contribution in [0.25, 0.3) is 0 Å². The lowest BCUT2D eigenvalue weighted by molar-refractivity contribution is -0.130. The second kappa shape index (κ2) is 7.79. The van der Waals surface area contributed by atoms with E-state index in [0.717, 1.165) is 5.56 Å². The zero-order valence-corrected chi connectivity index (χ0v) is 13.8. The fraction of sp³-hybridized carbons (Fsp3) is 0.500. The Labute approximate surface area is 131 Å². The first-order valence-corrected chi connectivity index (χ1v) is 7.22. The largest absolute Gasteiger partial charge is 0.482 e. The van der Waals surface area contributed by atoms with Gasteiger partial charge in [-0.1, -0.05) is 13.0 Å². The van der Waals surface area contributed by atoms with Gasteiger partial charge in [0.1, 0.15) is 5.75 Å².